The second-order valence-electron chi connectivity index (χ2n) is 7.21. The summed E-state index contributed by atoms with van der Waals surface area (Å²) < 4.78 is 10.9. The second kappa shape index (κ2) is 10.2. The summed E-state index contributed by atoms with van der Waals surface area (Å²) in [5, 5.41) is 3.05. The molecule has 1 aliphatic carbocycles. The first kappa shape index (κ1) is 18.7. The Bertz CT molecular complexity index is 660. The van der Waals surface area contributed by atoms with Gasteiger partial charge < -0.3 is 14.5 Å². The molecular formula is C22H29NO3. The van der Waals surface area contributed by atoms with Crippen LogP contribution in [-0.2, 0) is 29.3 Å². The van der Waals surface area contributed by atoms with Gasteiger partial charge in [0.25, 0.3) is 0 Å². The van der Waals surface area contributed by atoms with E-state index < -0.39 is 0 Å². The average molecular weight is 355 g/mol. The Hall–Kier alpha value is -2.07. The number of carbonyl (C=O) groups excluding carboxylic acids is 1. The summed E-state index contributed by atoms with van der Waals surface area (Å²) in [6.45, 7) is 1.58. The largest absolute Gasteiger partial charge is 0.467 e. The summed E-state index contributed by atoms with van der Waals surface area (Å²) in [5.74, 6) is 1.74. The SMILES string of the molecule is O=C(CCC1CCCCC1)NCc1cccc(COCc2ccco2)c1. The van der Waals surface area contributed by atoms with Gasteiger partial charge in [-0.15, -0.1) is 0 Å². The first-order chi connectivity index (χ1) is 12.8. The number of amides is 1. The highest BCUT2D eigenvalue weighted by Crippen LogP contribution is 2.27. The molecule has 1 amide bonds. The zero-order valence-corrected chi connectivity index (χ0v) is 15.4. The van der Waals surface area contributed by atoms with Gasteiger partial charge in [0, 0.05) is 13.0 Å². The molecule has 1 saturated carbocycles. The third-order valence-corrected chi connectivity index (χ3v) is 5.08. The molecule has 1 heterocycles. The zero-order valence-electron chi connectivity index (χ0n) is 15.4. The van der Waals surface area contributed by atoms with Crippen LogP contribution in [0.4, 0.5) is 0 Å². The fourth-order valence-electron chi connectivity index (χ4n) is 3.59. The van der Waals surface area contributed by atoms with E-state index >= 15 is 0 Å². The minimum Gasteiger partial charge on any atom is -0.467 e. The number of rotatable bonds is 9. The van der Waals surface area contributed by atoms with Crippen molar-refractivity contribution in [2.75, 3.05) is 0 Å². The van der Waals surface area contributed by atoms with E-state index in [0.29, 0.717) is 26.2 Å². The predicted molar refractivity (Wildman–Crippen MR) is 101 cm³/mol. The van der Waals surface area contributed by atoms with Gasteiger partial charge in [0.2, 0.25) is 5.91 Å². The third kappa shape index (κ3) is 6.34. The Morgan fingerprint density at radius 2 is 1.92 bits per heavy atom. The van der Waals surface area contributed by atoms with Gasteiger partial charge in [0.15, 0.2) is 0 Å². The molecule has 0 saturated heterocycles. The van der Waals surface area contributed by atoms with Gasteiger partial charge in [0.1, 0.15) is 12.4 Å². The highest BCUT2D eigenvalue weighted by Gasteiger charge is 2.14. The Balaban J connectivity index is 1.36. The van der Waals surface area contributed by atoms with E-state index in [2.05, 4.69) is 11.4 Å². The van der Waals surface area contributed by atoms with Crippen molar-refractivity contribution in [3.8, 4) is 0 Å². The molecule has 1 fully saturated rings. The lowest BCUT2D eigenvalue weighted by molar-refractivity contribution is -0.121. The summed E-state index contributed by atoms with van der Waals surface area (Å²) in [5.41, 5.74) is 2.21. The maximum atomic E-state index is 12.1. The lowest BCUT2D eigenvalue weighted by Crippen LogP contribution is -2.23. The van der Waals surface area contributed by atoms with Crippen LogP contribution in [0.5, 0.6) is 0 Å². The maximum Gasteiger partial charge on any atom is 0.220 e. The molecule has 26 heavy (non-hydrogen) atoms. The average Bonchev–Trinajstić information content (AvgIpc) is 3.19. The molecular weight excluding hydrogens is 326 g/mol. The molecule has 3 rings (SSSR count). The van der Waals surface area contributed by atoms with Crippen molar-refractivity contribution in [1.29, 1.82) is 0 Å². The van der Waals surface area contributed by atoms with E-state index in [1.807, 2.05) is 30.3 Å². The number of carbonyl (C=O) groups is 1. The Morgan fingerprint density at radius 1 is 1.08 bits per heavy atom. The maximum absolute atomic E-state index is 12.1. The molecule has 0 radical (unpaired) electrons. The van der Waals surface area contributed by atoms with Gasteiger partial charge in [-0.2, -0.15) is 0 Å². The molecule has 0 aliphatic heterocycles. The van der Waals surface area contributed by atoms with E-state index in [-0.39, 0.29) is 5.91 Å². The number of hydrogen-bond donors (Lipinski definition) is 1. The molecule has 1 aromatic carbocycles. The lowest BCUT2D eigenvalue weighted by atomic mass is 9.86. The highest BCUT2D eigenvalue weighted by atomic mass is 16.5. The van der Waals surface area contributed by atoms with Crippen LogP contribution in [0.2, 0.25) is 0 Å². The number of ether oxygens (including phenoxy) is 1. The van der Waals surface area contributed by atoms with E-state index in [1.54, 1.807) is 6.26 Å². The van der Waals surface area contributed by atoms with Crippen molar-refractivity contribution < 1.29 is 13.9 Å². The van der Waals surface area contributed by atoms with Crippen molar-refractivity contribution in [3.05, 3.63) is 59.5 Å². The lowest BCUT2D eigenvalue weighted by Gasteiger charge is -2.21. The van der Waals surface area contributed by atoms with Gasteiger partial charge in [-0.25, -0.2) is 0 Å². The Morgan fingerprint density at radius 3 is 2.73 bits per heavy atom. The van der Waals surface area contributed by atoms with E-state index in [4.69, 9.17) is 9.15 Å². The standard InChI is InChI=1S/C22H29NO3/c24-22(12-11-18-6-2-1-3-7-18)23-15-19-8-4-9-20(14-19)16-25-17-21-10-5-13-26-21/h4-5,8-10,13-14,18H,1-3,6-7,11-12,15-17H2,(H,23,24). The highest BCUT2D eigenvalue weighted by molar-refractivity contribution is 5.75. The minimum atomic E-state index is 0.162. The van der Waals surface area contributed by atoms with Crippen molar-refractivity contribution in [2.45, 2.75) is 64.7 Å². The van der Waals surface area contributed by atoms with Gasteiger partial charge in [-0.05, 0) is 35.6 Å². The van der Waals surface area contributed by atoms with E-state index in [0.717, 1.165) is 29.2 Å². The van der Waals surface area contributed by atoms with Crippen LogP contribution < -0.4 is 5.32 Å². The quantitative estimate of drug-likeness (QED) is 0.691. The van der Waals surface area contributed by atoms with Crippen molar-refractivity contribution in [2.24, 2.45) is 5.92 Å². The van der Waals surface area contributed by atoms with Crippen molar-refractivity contribution in [1.82, 2.24) is 5.32 Å². The molecule has 1 N–H and O–H groups in total. The Labute approximate surface area is 155 Å². The molecule has 0 atom stereocenters. The molecule has 1 aliphatic rings. The molecule has 1 aromatic heterocycles. The van der Waals surface area contributed by atoms with Crippen LogP contribution in [0.1, 0.15) is 61.8 Å². The summed E-state index contributed by atoms with van der Waals surface area (Å²) in [4.78, 5) is 12.1. The van der Waals surface area contributed by atoms with Crippen molar-refractivity contribution in [3.63, 3.8) is 0 Å². The Kier molecular flexibility index (Phi) is 7.32. The summed E-state index contributed by atoms with van der Waals surface area (Å²) >= 11 is 0. The number of furan rings is 1. The topological polar surface area (TPSA) is 51.5 Å². The first-order valence-electron chi connectivity index (χ1n) is 9.74. The molecule has 140 valence electrons. The normalized spacial score (nSPS) is 15.1. The molecule has 4 heteroatoms. The summed E-state index contributed by atoms with van der Waals surface area (Å²) in [6, 6.07) is 11.9. The smallest absolute Gasteiger partial charge is 0.220 e. The van der Waals surface area contributed by atoms with Crippen LogP contribution in [0, 0.1) is 5.92 Å². The molecule has 0 spiro atoms. The van der Waals surface area contributed by atoms with Crippen LogP contribution in [0.25, 0.3) is 0 Å². The van der Waals surface area contributed by atoms with E-state index in [1.165, 1.54) is 32.1 Å². The van der Waals surface area contributed by atoms with Crippen molar-refractivity contribution >= 4 is 5.91 Å². The van der Waals surface area contributed by atoms with Gasteiger partial charge in [-0.3, -0.25) is 4.79 Å². The minimum absolute atomic E-state index is 0.162. The second-order valence-corrected chi connectivity index (χ2v) is 7.21. The van der Waals surface area contributed by atoms with Crippen LogP contribution in [-0.4, -0.2) is 5.91 Å². The summed E-state index contributed by atoms with van der Waals surface area (Å²) in [7, 11) is 0. The monoisotopic (exact) mass is 355 g/mol. The van der Waals surface area contributed by atoms with Gasteiger partial charge >= 0.3 is 0 Å². The predicted octanol–water partition coefficient (Wildman–Crippen LogP) is 4.97. The fourth-order valence-corrected chi connectivity index (χ4v) is 3.59. The number of hydrogen-bond acceptors (Lipinski definition) is 3. The van der Waals surface area contributed by atoms with E-state index in [9.17, 15) is 4.79 Å². The third-order valence-electron chi connectivity index (χ3n) is 5.08. The van der Waals surface area contributed by atoms with Gasteiger partial charge in [0.05, 0.1) is 12.9 Å². The molecule has 2 aromatic rings. The molecule has 0 unspecified atom stereocenters. The fraction of sp³-hybridized carbons (Fsp3) is 0.500. The number of benzene rings is 1. The zero-order chi connectivity index (χ0) is 18.0. The van der Waals surface area contributed by atoms with Crippen LogP contribution in [0.3, 0.4) is 0 Å². The van der Waals surface area contributed by atoms with Gasteiger partial charge in [-0.1, -0.05) is 56.4 Å². The van der Waals surface area contributed by atoms with Crippen LogP contribution in [0.15, 0.2) is 47.1 Å². The molecule has 4 nitrogen and oxygen atoms in total. The van der Waals surface area contributed by atoms with Crippen LogP contribution >= 0.6 is 0 Å². The number of nitrogens with one attached hydrogen (secondary N) is 1. The summed E-state index contributed by atoms with van der Waals surface area (Å²) in [6.07, 6.45) is 9.96. The first-order valence-corrected chi connectivity index (χ1v) is 9.74. The molecule has 0 bridgehead atoms.